The number of benzene rings is 1. The Morgan fingerprint density at radius 2 is 1.57 bits per heavy atom. The summed E-state index contributed by atoms with van der Waals surface area (Å²) in [7, 11) is 0. The van der Waals surface area contributed by atoms with Crippen molar-refractivity contribution in [1.29, 1.82) is 0 Å². The maximum Gasteiger partial charge on any atom is 0.346 e. The number of hydrogen-bond acceptors (Lipinski definition) is 8. The van der Waals surface area contributed by atoms with Crippen LogP contribution in [0.2, 0.25) is 0 Å². The highest BCUT2D eigenvalue weighted by Gasteiger charge is 2.25. The second kappa shape index (κ2) is 10.6. The van der Waals surface area contributed by atoms with Crippen molar-refractivity contribution in [2.24, 2.45) is 16.5 Å². The molecule has 0 radical (unpaired) electrons. The van der Waals surface area contributed by atoms with Gasteiger partial charge >= 0.3 is 29.3 Å². The first-order valence-electron chi connectivity index (χ1n) is 7.06. The third-order valence-corrected chi connectivity index (χ3v) is 2.84. The number of guanidine groups is 1. The molecule has 1 aromatic rings. The third-order valence-electron chi connectivity index (χ3n) is 2.84. The fourth-order valence-corrected chi connectivity index (χ4v) is 1.64. The topological polar surface area (TPSA) is 263 Å². The summed E-state index contributed by atoms with van der Waals surface area (Å²) in [4.78, 5) is 53.2. The maximum atomic E-state index is 10.5. The van der Waals surface area contributed by atoms with Crippen molar-refractivity contribution in [1.82, 2.24) is 0 Å². The predicted octanol–water partition coefficient (Wildman–Crippen LogP) is -0.221. The van der Waals surface area contributed by atoms with E-state index in [1.165, 1.54) is 0 Å². The van der Waals surface area contributed by atoms with E-state index in [1.54, 1.807) is 0 Å². The van der Waals surface area contributed by atoms with Crippen molar-refractivity contribution in [3.05, 3.63) is 44.0 Å². The normalized spacial score (nSPS) is 10.6. The summed E-state index contributed by atoms with van der Waals surface area (Å²) in [6.45, 7) is 0. The molecule has 0 aliphatic heterocycles. The van der Waals surface area contributed by atoms with Crippen molar-refractivity contribution in [3.8, 4) is 0 Å². The Morgan fingerprint density at radius 1 is 1.04 bits per heavy atom. The van der Waals surface area contributed by atoms with Crippen molar-refractivity contribution in [2.75, 3.05) is 0 Å². The van der Waals surface area contributed by atoms with Gasteiger partial charge in [-0.1, -0.05) is 0 Å². The van der Waals surface area contributed by atoms with Crippen molar-refractivity contribution in [2.45, 2.75) is 18.9 Å². The van der Waals surface area contributed by atoms with Crippen LogP contribution in [0.1, 0.15) is 23.2 Å². The molecule has 1 rings (SSSR count). The number of rotatable bonds is 8. The summed E-state index contributed by atoms with van der Waals surface area (Å²) >= 11 is 0. The molecule has 0 aromatic heterocycles. The molecule has 28 heavy (non-hydrogen) atoms. The lowest BCUT2D eigenvalue weighted by Gasteiger charge is -2.04. The van der Waals surface area contributed by atoms with Crippen LogP contribution in [0.5, 0.6) is 0 Å². The number of nitro benzene ring substituents is 2. The molecule has 1 unspecified atom stereocenters. The largest absolute Gasteiger partial charge is 0.481 e. The van der Waals surface area contributed by atoms with E-state index >= 15 is 0 Å². The molecule has 0 amide bonds. The van der Waals surface area contributed by atoms with Gasteiger partial charge in [0.25, 0.3) is 0 Å². The summed E-state index contributed by atoms with van der Waals surface area (Å²) < 4.78 is 0. The smallest absolute Gasteiger partial charge is 0.346 e. The number of nitro groups is 2. The monoisotopic (exact) mass is 401 g/mol. The molecule has 15 heteroatoms. The summed E-state index contributed by atoms with van der Waals surface area (Å²) in [5.74, 6) is -4.07. The van der Waals surface area contributed by atoms with Crippen LogP contribution in [0.25, 0.3) is 0 Å². The first-order chi connectivity index (χ1) is 12.9. The zero-order valence-electron chi connectivity index (χ0n) is 13.9. The standard InChI is InChI=1S/C7H4N2O6.C6H11N3O4/c10-7(11)4-1-2-5(8(12)13)6(3-4)9(14)15;7-6(8)9-3(5(12)13)1-2-4(10)11/h1-3H,(H,10,11);3H,1-2H2,(H,10,11)(H,12,13)(H4,7,8,9). The average molecular weight is 401 g/mol. The Labute approximate surface area is 155 Å². The molecular weight excluding hydrogens is 386 g/mol. The van der Waals surface area contributed by atoms with Gasteiger partial charge in [-0.25, -0.2) is 14.6 Å². The zero-order valence-corrected chi connectivity index (χ0v) is 13.9. The van der Waals surface area contributed by atoms with E-state index in [1.807, 2.05) is 0 Å². The van der Waals surface area contributed by atoms with Crippen LogP contribution in [0.3, 0.4) is 0 Å². The van der Waals surface area contributed by atoms with Crippen LogP contribution in [0, 0.1) is 20.2 Å². The van der Waals surface area contributed by atoms with E-state index in [0.29, 0.717) is 6.07 Å². The highest BCUT2D eigenvalue weighted by Crippen LogP contribution is 2.27. The fourth-order valence-electron chi connectivity index (χ4n) is 1.64. The van der Waals surface area contributed by atoms with E-state index in [-0.39, 0.29) is 24.4 Å². The number of aliphatic imine (C=N–C) groups is 1. The SMILES string of the molecule is NC(N)=NC(CCC(=O)O)C(=O)O.O=C(O)c1ccc([N+](=O)[O-])c([N+](=O)[O-])c1. The van der Waals surface area contributed by atoms with Crippen LogP contribution in [0.4, 0.5) is 11.4 Å². The highest BCUT2D eigenvalue weighted by atomic mass is 16.6. The lowest BCUT2D eigenvalue weighted by atomic mass is 10.2. The van der Waals surface area contributed by atoms with Crippen LogP contribution >= 0.6 is 0 Å². The van der Waals surface area contributed by atoms with Gasteiger partial charge in [0.2, 0.25) is 0 Å². The Bertz CT molecular complexity index is 818. The second-order valence-electron chi connectivity index (χ2n) is 4.86. The van der Waals surface area contributed by atoms with Gasteiger partial charge in [-0.05, 0) is 12.5 Å². The Balaban J connectivity index is 0.000000528. The molecule has 1 aromatic carbocycles. The Hall–Kier alpha value is -4.30. The molecule has 0 bridgehead atoms. The lowest BCUT2D eigenvalue weighted by molar-refractivity contribution is -0.422. The number of carboxylic acid groups (broad SMARTS) is 3. The first kappa shape index (κ1) is 23.7. The number of nitrogens with zero attached hydrogens (tertiary/aromatic N) is 3. The molecule has 0 aliphatic carbocycles. The average Bonchev–Trinajstić information content (AvgIpc) is 2.57. The predicted molar refractivity (Wildman–Crippen MR) is 90.8 cm³/mol. The van der Waals surface area contributed by atoms with Crippen molar-refractivity contribution < 1.29 is 39.5 Å². The van der Waals surface area contributed by atoms with Gasteiger partial charge in [0.1, 0.15) is 0 Å². The molecule has 0 aliphatic rings. The third kappa shape index (κ3) is 8.19. The summed E-state index contributed by atoms with van der Waals surface area (Å²) in [6, 6.07) is 1.20. The van der Waals surface area contributed by atoms with Crippen LogP contribution in [-0.2, 0) is 9.59 Å². The summed E-state index contributed by atoms with van der Waals surface area (Å²) in [6.07, 6.45) is -0.406. The Kier molecular flexibility index (Phi) is 9.00. The van der Waals surface area contributed by atoms with Crippen LogP contribution in [0.15, 0.2) is 23.2 Å². The summed E-state index contributed by atoms with van der Waals surface area (Å²) in [5.41, 5.74) is 7.98. The second-order valence-corrected chi connectivity index (χ2v) is 4.86. The molecule has 152 valence electrons. The van der Waals surface area contributed by atoms with E-state index < -0.39 is 45.2 Å². The van der Waals surface area contributed by atoms with Gasteiger partial charge in [0, 0.05) is 18.6 Å². The molecular formula is C13H15N5O10. The summed E-state index contributed by atoms with van der Waals surface area (Å²) in [5, 5.41) is 46.1. The van der Waals surface area contributed by atoms with E-state index in [9.17, 15) is 34.6 Å². The molecule has 0 heterocycles. The Morgan fingerprint density at radius 3 is 1.93 bits per heavy atom. The van der Waals surface area contributed by atoms with E-state index in [0.717, 1.165) is 12.1 Å². The quantitative estimate of drug-likeness (QED) is 0.164. The zero-order chi connectivity index (χ0) is 22.0. The van der Waals surface area contributed by atoms with Crippen molar-refractivity contribution >= 4 is 35.2 Å². The maximum absolute atomic E-state index is 10.5. The number of carboxylic acids is 3. The molecule has 0 fully saturated rings. The first-order valence-corrected chi connectivity index (χ1v) is 7.06. The molecule has 0 spiro atoms. The number of nitrogens with two attached hydrogens (primary N) is 2. The molecule has 0 saturated heterocycles. The molecule has 15 nitrogen and oxygen atoms in total. The minimum absolute atomic E-state index is 0.122. The van der Waals surface area contributed by atoms with Gasteiger partial charge in [0.05, 0.1) is 15.4 Å². The van der Waals surface area contributed by atoms with E-state index in [4.69, 9.17) is 26.8 Å². The molecule has 7 N–H and O–H groups in total. The van der Waals surface area contributed by atoms with Crippen LogP contribution < -0.4 is 11.5 Å². The van der Waals surface area contributed by atoms with E-state index in [2.05, 4.69) is 4.99 Å². The number of hydrogen-bond donors (Lipinski definition) is 5. The van der Waals surface area contributed by atoms with Gasteiger partial charge in [-0.15, -0.1) is 0 Å². The van der Waals surface area contributed by atoms with Gasteiger partial charge in [0.15, 0.2) is 12.0 Å². The highest BCUT2D eigenvalue weighted by molar-refractivity contribution is 5.89. The van der Waals surface area contributed by atoms with Crippen LogP contribution in [-0.4, -0.2) is 55.1 Å². The minimum atomic E-state index is -1.38. The van der Waals surface area contributed by atoms with Gasteiger partial charge in [-0.2, -0.15) is 0 Å². The van der Waals surface area contributed by atoms with Gasteiger partial charge < -0.3 is 26.8 Å². The minimum Gasteiger partial charge on any atom is -0.481 e. The van der Waals surface area contributed by atoms with Crippen molar-refractivity contribution in [3.63, 3.8) is 0 Å². The van der Waals surface area contributed by atoms with Gasteiger partial charge in [-0.3, -0.25) is 25.0 Å². The number of aromatic carboxylic acids is 1. The number of aliphatic carboxylic acids is 2. The number of carbonyl (C=O) groups is 3. The fraction of sp³-hybridized carbons (Fsp3) is 0.231. The lowest BCUT2D eigenvalue weighted by Crippen LogP contribution is -2.29. The molecule has 0 saturated carbocycles. The molecule has 1 atom stereocenters.